The molecule has 1 saturated heterocycles. The summed E-state index contributed by atoms with van der Waals surface area (Å²) in [5.41, 5.74) is -0.170. The molecule has 7 nitrogen and oxygen atoms in total. The third-order valence-electron chi connectivity index (χ3n) is 4.66. The molecular formula is C18H21ClN2O5. The van der Waals surface area contributed by atoms with E-state index in [4.69, 9.17) is 25.8 Å². The summed E-state index contributed by atoms with van der Waals surface area (Å²) in [6, 6.07) is 3.44. The van der Waals surface area contributed by atoms with Crippen molar-refractivity contribution in [1.29, 1.82) is 5.26 Å². The molecule has 140 valence electrons. The van der Waals surface area contributed by atoms with Crippen molar-refractivity contribution in [1.82, 2.24) is 4.57 Å². The molecule has 0 N–H and O–H groups in total. The average Bonchev–Trinajstić information content (AvgIpc) is 2.96. The third kappa shape index (κ3) is 3.02. The van der Waals surface area contributed by atoms with Crippen molar-refractivity contribution in [2.45, 2.75) is 44.9 Å². The number of ether oxygens (including phenoxy) is 3. The molecule has 0 amide bonds. The van der Waals surface area contributed by atoms with E-state index in [0.29, 0.717) is 31.9 Å². The van der Waals surface area contributed by atoms with E-state index in [1.807, 2.05) is 19.9 Å². The zero-order chi connectivity index (χ0) is 19.1. The van der Waals surface area contributed by atoms with Crippen LogP contribution in [0, 0.1) is 16.7 Å². The Balaban J connectivity index is 2.09. The smallest absolute Gasteiger partial charge is 0.328 e. The maximum absolute atomic E-state index is 12.8. The first-order valence-corrected chi connectivity index (χ1v) is 8.95. The Kier molecular flexibility index (Phi) is 4.86. The van der Waals surface area contributed by atoms with Gasteiger partial charge in [0.05, 0.1) is 25.5 Å². The van der Waals surface area contributed by atoms with Crippen LogP contribution in [0.2, 0.25) is 0 Å². The molecule has 1 aromatic heterocycles. The van der Waals surface area contributed by atoms with Crippen molar-refractivity contribution >= 4 is 17.6 Å². The molecule has 8 heteroatoms. The van der Waals surface area contributed by atoms with Crippen LogP contribution in [0.25, 0.3) is 0 Å². The van der Waals surface area contributed by atoms with E-state index in [0.717, 1.165) is 0 Å². The van der Waals surface area contributed by atoms with Gasteiger partial charge in [0.1, 0.15) is 11.6 Å². The summed E-state index contributed by atoms with van der Waals surface area (Å²) in [5.74, 6) is -1.75. The number of esters is 1. The minimum absolute atomic E-state index is 0.127. The quantitative estimate of drug-likeness (QED) is 0.589. The van der Waals surface area contributed by atoms with E-state index < -0.39 is 22.7 Å². The van der Waals surface area contributed by atoms with E-state index in [9.17, 15) is 14.9 Å². The van der Waals surface area contributed by atoms with Crippen molar-refractivity contribution in [3.63, 3.8) is 0 Å². The van der Waals surface area contributed by atoms with Crippen LogP contribution in [-0.2, 0) is 31.3 Å². The van der Waals surface area contributed by atoms with Crippen LogP contribution in [0.15, 0.2) is 10.9 Å². The molecule has 1 spiro atoms. The molecule has 2 aliphatic heterocycles. The normalized spacial score (nSPS) is 21.0. The maximum Gasteiger partial charge on any atom is 0.328 e. The molecular weight excluding hydrogens is 360 g/mol. The highest BCUT2D eigenvalue weighted by atomic mass is 35.5. The number of carbonyl (C=O) groups is 1. The Morgan fingerprint density at radius 3 is 2.69 bits per heavy atom. The van der Waals surface area contributed by atoms with Crippen LogP contribution in [0.5, 0.6) is 0 Å². The van der Waals surface area contributed by atoms with Crippen LogP contribution >= 0.6 is 11.6 Å². The molecule has 0 radical (unpaired) electrons. The van der Waals surface area contributed by atoms with Gasteiger partial charge in [0, 0.05) is 23.9 Å². The number of hydrogen-bond donors (Lipinski definition) is 0. The largest absolute Gasteiger partial charge is 0.465 e. The Morgan fingerprint density at radius 2 is 2.12 bits per heavy atom. The zero-order valence-electron chi connectivity index (χ0n) is 15.0. The second-order valence-corrected chi connectivity index (χ2v) is 7.72. The number of nitriles is 1. The molecule has 1 atom stereocenters. The molecule has 0 saturated carbocycles. The summed E-state index contributed by atoms with van der Waals surface area (Å²) in [4.78, 5) is 24.8. The number of aromatic nitrogens is 1. The van der Waals surface area contributed by atoms with E-state index in [-0.39, 0.29) is 23.1 Å². The number of fused-ring (bicyclic) bond motifs is 2. The van der Waals surface area contributed by atoms with Gasteiger partial charge in [-0.05, 0) is 13.0 Å². The van der Waals surface area contributed by atoms with Crippen LogP contribution in [0.1, 0.15) is 49.4 Å². The van der Waals surface area contributed by atoms with Gasteiger partial charge in [0.2, 0.25) is 5.79 Å². The topological polar surface area (TPSA) is 90.6 Å². The van der Waals surface area contributed by atoms with E-state index in [1.54, 1.807) is 13.0 Å². The minimum atomic E-state index is -1.25. The lowest BCUT2D eigenvalue weighted by molar-refractivity contribution is -0.306. The van der Waals surface area contributed by atoms with Gasteiger partial charge in [-0.15, -0.1) is 11.6 Å². The summed E-state index contributed by atoms with van der Waals surface area (Å²) in [6.07, 6.45) is 0.457. The van der Waals surface area contributed by atoms with Gasteiger partial charge in [0.25, 0.3) is 5.56 Å². The Labute approximate surface area is 156 Å². The molecule has 0 bridgehead atoms. The lowest BCUT2D eigenvalue weighted by Gasteiger charge is -2.41. The molecule has 3 rings (SSSR count). The predicted molar refractivity (Wildman–Crippen MR) is 92.6 cm³/mol. The van der Waals surface area contributed by atoms with Gasteiger partial charge in [-0.2, -0.15) is 5.26 Å². The number of halogens is 1. The molecule has 1 unspecified atom stereocenters. The van der Waals surface area contributed by atoms with Crippen LogP contribution in [-0.4, -0.2) is 30.4 Å². The summed E-state index contributed by atoms with van der Waals surface area (Å²) in [5, 5.41) is 8.18. The van der Waals surface area contributed by atoms with Gasteiger partial charge < -0.3 is 18.8 Å². The maximum atomic E-state index is 12.8. The molecule has 3 heterocycles. The van der Waals surface area contributed by atoms with Gasteiger partial charge >= 0.3 is 5.97 Å². The highest BCUT2D eigenvalue weighted by molar-refractivity contribution is 6.30. The van der Waals surface area contributed by atoms with Crippen LogP contribution in [0.4, 0.5) is 0 Å². The highest BCUT2D eigenvalue weighted by Crippen LogP contribution is 2.43. The van der Waals surface area contributed by atoms with Crippen molar-refractivity contribution < 1.29 is 19.0 Å². The zero-order valence-corrected chi connectivity index (χ0v) is 15.8. The second-order valence-electron chi connectivity index (χ2n) is 7.29. The number of nitrogens with zero attached hydrogens (tertiary/aromatic N) is 2. The van der Waals surface area contributed by atoms with Gasteiger partial charge in [-0.1, -0.05) is 13.8 Å². The third-order valence-corrected chi connectivity index (χ3v) is 5.07. The molecule has 1 aromatic rings. The molecule has 26 heavy (non-hydrogen) atoms. The Hall–Kier alpha value is -1.88. The average molecular weight is 381 g/mol. The van der Waals surface area contributed by atoms with Crippen molar-refractivity contribution in [2.24, 2.45) is 5.41 Å². The van der Waals surface area contributed by atoms with Gasteiger partial charge in [0.15, 0.2) is 5.38 Å². The molecule has 1 fully saturated rings. The van der Waals surface area contributed by atoms with Crippen molar-refractivity contribution in [3.8, 4) is 6.07 Å². The monoisotopic (exact) mass is 380 g/mol. The SMILES string of the molecule is CCOC(=O)C(Cl)c1cc2n(c(=O)c1C#N)CCC21OCC(C)(C)CO1. The van der Waals surface area contributed by atoms with E-state index in [1.165, 1.54) is 4.57 Å². The summed E-state index contributed by atoms with van der Waals surface area (Å²) in [6.45, 7) is 7.18. The summed E-state index contributed by atoms with van der Waals surface area (Å²) >= 11 is 6.21. The van der Waals surface area contributed by atoms with Gasteiger partial charge in [-0.25, -0.2) is 0 Å². The summed E-state index contributed by atoms with van der Waals surface area (Å²) in [7, 11) is 0. The van der Waals surface area contributed by atoms with E-state index in [2.05, 4.69) is 0 Å². The Bertz CT molecular complexity index is 829. The second kappa shape index (κ2) is 6.69. The van der Waals surface area contributed by atoms with Crippen LogP contribution < -0.4 is 5.56 Å². The molecule has 0 aromatic carbocycles. The number of rotatable bonds is 3. The van der Waals surface area contributed by atoms with Gasteiger partial charge in [-0.3, -0.25) is 9.59 Å². The fraction of sp³-hybridized carbons (Fsp3) is 0.611. The molecule has 2 aliphatic rings. The van der Waals surface area contributed by atoms with E-state index >= 15 is 0 Å². The van der Waals surface area contributed by atoms with Crippen molar-refractivity contribution in [3.05, 3.63) is 33.2 Å². The minimum Gasteiger partial charge on any atom is -0.465 e. The lowest BCUT2D eigenvalue weighted by Crippen LogP contribution is -2.45. The molecule has 0 aliphatic carbocycles. The lowest BCUT2D eigenvalue weighted by atomic mass is 9.93. The van der Waals surface area contributed by atoms with Crippen LogP contribution in [0.3, 0.4) is 0 Å². The summed E-state index contributed by atoms with van der Waals surface area (Å²) < 4.78 is 18.4. The number of alkyl halides is 1. The predicted octanol–water partition coefficient (Wildman–Crippen LogP) is 2.19. The number of pyridine rings is 1. The first-order chi connectivity index (χ1) is 12.2. The number of hydrogen-bond acceptors (Lipinski definition) is 6. The van der Waals surface area contributed by atoms with Crippen molar-refractivity contribution in [2.75, 3.05) is 19.8 Å². The standard InChI is InChI=1S/C18H21ClN2O5/c1-4-24-16(23)14(19)11-7-13-18(25-9-17(2,3)10-26-18)5-6-21(13)15(22)12(11)8-20/h7,14H,4-6,9-10H2,1-3H3. The Morgan fingerprint density at radius 1 is 1.46 bits per heavy atom. The number of carbonyl (C=O) groups excluding carboxylic acids is 1. The fourth-order valence-corrected chi connectivity index (χ4v) is 3.48. The first kappa shape index (κ1) is 18.9. The fourth-order valence-electron chi connectivity index (χ4n) is 3.24. The highest BCUT2D eigenvalue weighted by Gasteiger charge is 2.48. The first-order valence-electron chi connectivity index (χ1n) is 8.51.